The summed E-state index contributed by atoms with van der Waals surface area (Å²) in [5.41, 5.74) is 1.19. The molecule has 3 N–H and O–H groups in total. The molecule has 138 valence electrons. The molecule has 0 fully saturated rings. The van der Waals surface area contributed by atoms with Crippen molar-refractivity contribution in [3.8, 4) is 5.75 Å². The lowest BCUT2D eigenvalue weighted by Crippen LogP contribution is -2.11. The molecule has 0 unspecified atom stereocenters. The Morgan fingerprint density at radius 2 is 1.77 bits per heavy atom. The molecule has 0 aliphatic rings. The van der Waals surface area contributed by atoms with Crippen LogP contribution in [0.2, 0.25) is 0 Å². The highest BCUT2D eigenvalue weighted by Gasteiger charge is 2.06. The Bertz CT molecular complexity index is 857. The van der Waals surface area contributed by atoms with E-state index in [0.29, 0.717) is 17.9 Å². The number of anilines is 1. The average molecular weight is 374 g/mol. The minimum Gasteiger partial charge on any atom is -0.494 e. The van der Waals surface area contributed by atoms with Crippen LogP contribution in [0.4, 0.5) is 5.69 Å². The highest BCUT2D eigenvalue weighted by atomic mass is 32.2. The summed E-state index contributed by atoms with van der Waals surface area (Å²) in [5, 5.41) is 7.95. The fourth-order valence-corrected chi connectivity index (χ4v) is 2.62. The summed E-state index contributed by atoms with van der Waals surface area (Å²) < 4.78 is 27.9. The first-order valence-electron chi connectivity index (χ1n) is 8.23. The van der Waals surface area contributed by atoms with Crippen molar-refractivity contribution in [3.05, 3.63) is 66.4 Å². The van der Waals surface area contributed by atoms with Gasteiger partial charge in [-0.15, -0.1) is 0 Å². The minimum absolute atomic E-state index is 0.0318. The maximum Gasteiger partial charge on any atom is 0.238 e. The molecule has 2 aromatic carbocycles. The second-order valence-corrected chi connectivity index (χ2v) is 7.20. The quantitative estimate of drug-likeness (QED) is 0.398. The van der Waals surface area contributed by atoms with Crippen molar-refractivity contribution in [2.24, 2.45) is 5.14 Å². The minimum atomic E-state index is -3.71. The van der Waals surface area contributed by atoms with E-state index in [1.807, 2.05) is 0 Å². The average Bonchev–Trinajstić information content (AvgIpc) is 2.62. The van der Waals surface area contributed by atoms with E-state index in [1.165, 1.54) is 24.4 Å². The number of nitrogens with one attached hydrogen (secondary N) is 1. The largest absolute Gasteiger partial charge is 0.494 e. The fourth-order valence-electron chi connectivity index (χ4n) is 2.10. The van der Waals surface area contributed by atoms with Gasteiger partial charge in [-0.25, -0.2) is 13.6 Å². The van der Waals surface area contributed by atoms with Gasteiger partial charge in [-0.2, -0.15) is 0 Å². The van der Waals surface area contributed by atoms with Crippen LogP contribution in [0.1, 0.15) is 30.1 Å². The lowest BCUT2D eigenvalue weighted by atomic mass is 10.1. The Balaban J connectivity index is 1.90. The molecule has 0 bridgehead atoms. The SMILES string of the molecule is CCCCOc1ccc(C(=O)/C=C/Nc2ccc(S(N)(=O)=O)cc2)cc1. The first kappa shape index (κ1) is 19.7. The van der Waals surface area contributed by atoms with E-state index in [0.717, 1.165) is 18.6 Å². The van der Waals surface area contributed by atoms with Crippen LogP contribution in [0.15, 0.2) is 65.7 Å². The summed E-state index contributed by atoms with van der Waals surface area (Å²) in [5.74, 6) is 0.589. The van der Waals surface area contributed by atoms with Crippen LogP contribution < -0.4 is 15.2 Å². The summed E-state index contributed by atoms with van der Waals surface area (Å²) in [4.78, 5) is 12.2. The van der Waals surface area contributed by atoms with Crippen LogP contribution in [-0.4, -0.2) is 20.8 Å². The van der Waals surface area contributed by atoms with Crippen LogP contribution in [0.25, 0.3) is 0 Å². The monoisotopic (exact) mass is 374 g/mol. The van der Waals surface area contributed by atoms with Gasteiger partial charge in [-0.1, -0.05) is 13.3 Å². The summed E-state index contributed by atoms with van der Waals surface area (Å²) in [6.45, 7) is 2.76. The van der Waals surface area contributed by atoms with Crippen LogP contribution in [-0.2, 0) is 10.0 Å². The van der Waals surface area contributed by atoms with Crippen molar-refractivity contribution in [2.75, 3.05) is 11.9 Å². The third-order valence-electron chi connectivity index (χ3n) is 3.57. The van der Waals surface area contributed by atoms with Crippen LogP contribution >= 0.6 is 0 Å². The first-order valence-corrected chi connectivity index (χ1v) is 9.78. The van der Waals surface area contributed by atoms with Crippen molar-refractivity contribution in [1.82, 2.24) is 0 Å². The molecular weight excluding hydrogens is 352 g/mol. The van der Waals surface area contributed by atoms with Gasteiger partial charge in [0, 0.05) is 23.5 Å². The second kappa shape index (κ2) is 9.17. The summed E-state index contributed by atoms with van der Waals surface area (Å²) >= 11 is 0. The lowest BCUT2D eigenvalue weighted by molar-refractivity contribution is 0.104. The molecule has 6 nitrogen and oxygen atoms in total. The number of unbranched alkanes of at least 4 members (excludes halogenated alkanes) is 1. The number of hydrogen-bond donors (Lipinski definition) is 2. The van der Waals surface area contributed by atoms with Crippen molar-refractivity contribution < 1.29 is 17.9 Å². The maximum atomic E-state index is 12.1. The predicted molar refractivity (Wildman–Crippen MR) is 102 cm³/mol. The molecular formula is C19H22N2O4S. The molecule has 0 radical (unpaired) electrons. The zero-order valence-corrected chi connectivity index (χ0v) is 15.3. The van der Waals surface area contributed by atoms with E-state index in [2.05, 4.69) is 12.2 Å². The normalized spacial score (nSPS) is 11.5. The third kappa shape index (κ3) is 6.02. The van der Waals surface area contributed by atoms with E-state index in [1.54, 1.807) is 36.4 Å². The van der Waals surface area contributed by atoms with Gasteiger partial charge in [-0.3, -0.25) is 4.79 Å². The second-order valence-electron chi connectivity index (χ2n) is 5.64. The third-order valence-corrected chi connectivity index (χ3v) is 4.50. The van der Waals surface area contributed by atoms with Crippen LogP contribution in [0, 0.1) is 0 Å². The van der Waals surface area contributed by atoms with Crippen molar-refractivity contribution in [2.45, 2.75) is 24.7 Å². The van der Waals surface area contributed by atoms with Gasteiger partial charge in [-0.05, 0) is 55.0 Å². The van der Waals surface area contributed by atoms with Gasteiger partial charge < -0.3 is 10.1 Å². The van der Waals surface area contributed by atoms with Crippen molar-refractivity contribution in [3.63, 3.8) is 0 Å². The maximum absolute atomic E-state index is 12.1. The molecule has 26 heavy (non-hydrogen) atoms. The molecule has 0 aliphatic heterocycles. The number of hydrogen-bond acceptors (Lipinski definition) is 5. The molecule has 0 amide bonds. The highest BCUT2D eigenvalue weighted by Crippen LogP contribution is 2.14. The molecule has 0 aromatic heterocycles. The molecule has 0 aliphatic carbocycles. The highest BCUT2D eigenvalue weighted by molar-refractivity contribution is 7.89. The van der Waals surface area contributed by atoms with Gasteiger partial charge in [0.15, 0.2) is 5.78 Å². The molecule has 0 spiro atoms. The first-order chi connectivity index (χ1) is 12.4. The summed E-state index contributed by atoms with van der Waals surface area (Å²) in [6, 6.07) is 12.9. The number of nitrogens with two attached hydrogens (primary N) is 1. The number of benzene rings is 2. The van der Waals surface area contributed by atoms with E-state index in [9.17, 15) is 13.2 Å². The van der Waals surface area contributed by atoms with Crippen molar-refractivity contribution >= 4 is 21.5 Å². The van der Waals surface area contributed by atoms with E-state index >= 15 is 0 Å². The Labute approximate surface area is 153 Å². The number of sulfonamides is 1. The van der Waals surface area contributed by atoms with Gasteiger partial charge >= 0.3 is 0 Å². The number of ether oxygens (including phenoxy) is 1. The van der Waals surface area contributed by atoms with Gasteiger partial charge in [0.1, 0.15) is 5.75 Å². The summed E-state index contributed by atoms with van der Waals surface area (Å²) in [7, 11) is -3.71. The van der Waals surface area contributed by atoms with Crippen molar-refractivity contribution in [1.29, 1.82) is 0 Å². The molecule has 2 rings (SSSR count). The molecule has 0 saturated carbocycles. The Morgan fingerprint density at radius 3 is 2.35 bits per heavy atom. The molecule has 0 atom stereocenters. The standard InChI is InChI=1S/C19H22N2O4S/c1-2-3-14-25-17-8-4-15(5-9-17)19(22)12-13-21-16-6-10-18(11-7-16)26(20,23)24/h4-13,21H,2-3,14H2,1H3,(H2,20,23,24)/b13-12+. The number of primary sulfonamides is 1. The zero-order valence-electron chi connectivity index (χ0n) is 14.5. The van der Waals surface area contributed by atoms with Gasteiger partial charge in [0.25, 0.3) is 0 Å². The molecule has 2 aromatic rings. The Hall–Kier alpha value is -2.64. The van der Waals surface area contributed by atoms with E-state index < -0.39 is 10.0 Å². The molecule has 0 saturated heterocycles. The number of carbonyl (C=O) groups is 1. The smallest absolute Gasteiger partial charge is 0.238 e. The lowest BCUT2D eigenvalue weighted by Gasteiger charge is -2.05. The number of rotatable bonds is 9. The van der Waals surface area contributed by atoms with E-state index in [-0.39, 0.29) is 10.7 Å². The van der Waals surface area contributed by atoms with E-state index in [4.69, 9.17) is 9.88 Å². The number of carbonyl (C=O) groups excluding carboxylic acids is 1. The number of ketones is 1. The zero-order chi connectivity index (χ0) is 19.0. The molecule has 7 heteroatoms. The van der Waals surface area contributed by atoms with Crippen LogP contribution in [0.3, 0.4) is 0 Å². The van der Waals surface area contributed by atoms with Crippen LogP contribution in [0.5, 0.6) is 5.75 Å². The summed E-state index contributed by atoms with van der Waals surface area (Å²) in [6.07, 6.45) is 4.97. The molecule has 0 heterocycles. The Morgan fingerprint density at radius 1 is 1.12 bits per heavy atom. The fraction of sp³-hybridized carbons (Fsp3) is 0.211. The van der Waals surface area contributed by atoms with Gasteiger partial charge in [0.2, 0.25) is 10.0 Å². The Kier molecular flexibility index (Phi) is 6.94. The van der Waals surface area contributed by atoms with Gasteiger partial charge in [0.05, 0.1) is 11.5 Å². The number of allylic oxidation sites excluding steroid dienone is 1. The predicted octanol–water partition coefficient (Wildman–Crippen LogP) is 3.32. The topological polar surface area (TPSA) is 98.5 Å².